The largest absolute Gasteiger partial charge is 0.480 e. The van der Waals surface area contributed by atoms with Gasteiger partial charge in [0.25, 0.3) is 0 Å². The summed E-state index contributed by atoms with van der Waals surface area (Å²) in [6, 6.07) is 7.51. The van der Waals surface area contributed by atoms with Gasteiger partial charge in [0.2, 0.25) is 11.8 Å². The predicted octanol–water partition coefficient (Wildman–Crippen LogP) is 2.26. The van der Waals surface area contributed by atoms with E-state index in [1.54, 1.807) is 0 Å². The molecule has 1 aliphatic carbocycles. The summed E-state index contributed by atoms with van der Waals surface area (Å²) in [5.74, 6) is -1.67. The molecule has 24 heavy (non-hydrogen) atoms. The topological polar surface area (TPSA) is 95.5 Å². The van der Waals surface area contributed by atoms with Gasteiger partial charge < -0.3 is 15.7 Å². The molecular formula is C18H22N2O4. The molecule has 6 nitrogen and oxygen atoms in total. The summed E-state index contributed by atoms with van der Waals surface area (Å²) in [6.45, 7) is 0.276. The maximum absolute atomic E-state index is 12.6. The smallest absolute Gasteiger partial charge is 0.319 e. The van der Waals surface area contributed by atoms with Gasteiger partial charge in [-0.25, -0.2) is 0 Å². The molecule has 1 aromatic carbocycles. The molecule has 0 radical (unpaired) electrons. The molecule has 0 bridgehead atoms. The Kier molecular flexibility index (Phi) is 4.55. The average Bonchev–Trinajstić information content (AvgIpc) is 2.59. The third-order valence-corrected chi connectivity index (χ3v) is 5.17. The summed E-state index contributed by atoms with van der Waals surface area (Å²) in [7, 11) is 0. The van der Waals surface area contributed by atoms with Gasteiger partial charge in [-0.3, -0.25) is 14.4 Å². The van der Waals surface area contributed by atoms with E-state index in [0.717, 1.165) is 30.5 Å². The third-order valence-electron chi connectivity index (χ3n) is 5.17. The van der Waals surface area contributed by atoms with Gasteiger partial charge in [-0.05, 0) is 24.5 Å². The van der Waals surface area contributed by atoms with E-state index < -0.39 is 17.3 Å². The van der Waals surface area contributed by atoms with Crippen molar-refractivity contribution in [1.29, 1.82) is 0 Å². The molecular weight excluding hydrogens is 308 g/mol. The van der Waals surface area contributed by atoms with Gasteiger partial charge in [0, 0.05) is 24.6 Å². The number of nitrogens with one attached hydrogen (secondary N) is 2. The Balaban J connectivity index is 1.72. The Morgan fingerprint density at radius 1 is 1.21 bits per heavy atom. The minimum Gasteiger partial charge on any atom is -0.480 e. The lowest BCUT2D eigenvalue weighted by molar-refractivity contribution is -0.158. The number of carboxylic acids is 1. The first kappa shape index (κ1) is 16.5. The van der Waals surface area contributed by atoms with Crippen LogP contribution in [0.2, 0.25) is 0 Å². The maximum Gasteiger partial charge on any atom is 0.319 e. The summed E-state index contributed by atoms with van der Waals surface area (Å²) in [5.41, 5.74) is 0.429. The second-order valence-corrected chi connectivity index (χ2v) is 6.69. The van der Waals surface area contributed by atoms with Crippen LogP contribution in [0, 0.1) is 5.41 Å². The number of para-hydroxylation sites is 1. The van der Waals surface area contributed by atoms with E-state index in [2.05, 4.69) is 10.6 Å². The lowest BCUT2D eigenvalue weighted by atomic mass is 9.73. The number of fused-ring (bicyclic) bond motifs is 1. The zero-order chi connectivity index (χ0) is 17.2. The van der Waals surface area contributed by atoms with Crippen molar-refractivity contribution >= 4 is 23.5 Å². The highest BCUT2D eigenvalue weighted by atomic mass is 16.4. The van der Waals surface area contributed by atoms with Crippen LogP contribution in [0.15, 0.2) is 24.3 Å². The van der Waals surface area contributed by atoms with E-state index in [1.807, 2.05) is 24.3 Å². The first-order chi connectivity index (χ1) is 11.5. The summed E-state index contributed by atoms with van der Waals surface area (Å²) in [4.78, 5) is 36.1. The highest BCUT2D eigenvalue weighted by molar-refractivity contribution is 6.02. The van der Waals surface area contributed by atoms with Gasteiger partial charge >= 0.3 is 5.97 Å². The number of amides is 2. The van der Waals surface area contributed by atoms with Crippen molar-refractivity contribution in [2.24, 2.45) is 5.41 Å². The number of carbonyl (C=O) groups is 3. The number of rotatable bonds is 4. The zero-order valence-electron chi connectivity index (χ0n) is 13.5. The van der Waals surface area contributed by atoms with Crippen molar-refractivity contribution in [2.45, 2.75) is 44.4 Å². The summed E-state index contributed by atoms with van der Waals surface area (Å²) >= 11 is 0. The Hall–Kier alpha value is -2.37. The van der Waals surface area contributed by atoms with Gasteiger partial charge in [0.1, 0.15) is 5.41 Å². The van der Waals surface area contributed by atoms with Crippen molar-refractivity contribution in [3.63, 3.8) is 0 Å². The fourth-order valence-electron chi connectivity index (χ4n) is 3.76. The molecule has 2 aliphatic rings. The van der Waals surface area contributed by atoms with E-state index in [0.29, 0.717) is 12.8 Å². The maximum atomic E-state index is 12.6. The van der Waals surface area contributed by atoms with Crippen LogP contribution in [0.1, 0.15) is 50.0 Å². The standard InChI is InChI=1S/C18H22N2O4/c21-15-10-12(13-6-2-3-7-14(13)20-15)11-19-16(22)18(17(23)24)8-4-1-5-9-18/h2-3,6-7,12H,1,4-5,8-11H2,(H,19,22)(H,20,21)(H,23,24). The summed E-state index contributed by atoms with van der Waals surface area (Å²) < 4.78 is 0. The first-order valence-corrected chi connectivity index (χ1v) is 8.43. The highest BCUT2D eigenvalue weighted by Gasteiger charge is 2.46. The molecule has 1 aromatic rings. The quantitative estimate of drug-likeness (QED) is 0.738. The molecule has 1 heterocycles. The number of aliphatic carboxylic acids is 1. The number of hydrogen-bond acceptors (Lipinski definition) is 3. The van der Waals surface area contributed by atoms with Crippen LogP contribution >= 0.6 is 0 Å². The van der Waals surface area contributed by atoms with Crippen LogP contribution in [0.4, 0.5) is 5.69 Å². The molecule has 1 atom stereocenters. The van der Waals surface area contributed by atoms with Gasteiger partial charge in [-0.1, -0.05) is 37.5 Å². The second kappa shape index (κ2) is 6.63. The number of carbonyl (C=O) groups excluding carboxylic acids is 2. The predicted molar refractivity (Wildman–Crippen MR) is 88.6 cm³/mol. The molecule has 0 aromatic heterocycles. The molecule has 2 amide bonds. The van der Waals surface area contributed by atoms with Gasteiger partial charge in [-0.15, -0.1) is 0 Å². The molecule has 1 unspecified atom stereocenters. The van der Waals surface area contributed by atoms with Crippen LogP contribution in [0.25, 0.3) is 0 Å². The van der Waals surface area contributed by atoms with E-state index in [-0.39, 0.29) is 24.8 Å². The van der Waals surface area contributed by atoms with Gasteiger partial charge in [0.05, 0.1) is 0 Å². The molecule has 0 saturated heterocycles. The van der Waals surface area contributed by atoms with Crippen LogP contribution in [0.3, 0.4) is 0 Å². The Labute approximate surface area is 140 Å². The van der Waals surface area contributed by atoms with Crippen molar-refractivity contribution in [3.8, 4) is 0 Å². The highest BCUT2D eigenvalue weighted by Crippen LogP contribution is 2.37. The minimum atomic E-state index is -1.31. The number of benzene rings is 1. The SMILES string of the molecule is O=C1CC(CNC(=O)C2(C(=O)O)CCCCC2)c2ccccc2N1. The Bertz CT molecular complexity index is 665. The molecule has 1 fully saturated rings. The fraction of sp³-hybridized carbons (Fsp3) is 0.500. The third kappa shape index (κ3) is 3.00. The summed E-state index contributed by atoms with van der Waals surface area (Å²) in [5, 5.41) is 15.2. The second-order valence-electron chi connectivity index (χ2n) is 6.69. The van der Waals surface area contributed by atoms with E-state index >= 15 is 0 Å². The Morgan fingerprint density at radius 3 is 2.62 bits per heavy atom. The average molecular weight is 330 g/mol. The van der Waals surface area contributed by atoms with E-state index in [1.165, 1.54) is 0 Å². The molecule has 1 aliphatic heterocycles. The lowest BCUT2D eigenvalue weighted by Gasteiger charge is -2.33. The molecule has 1 saturated carbocycles. The van der Waals surface area contributed by atoms with Crippen molar-refractivity contribution in [1.82, 2.24) is 5.32 Å². The molecule has 6 heteroatoms. The van der Waals surface area contributed by atoms with Crippen molar-refractivity contribution in [3.05, 3.63) is 29.8 Å². The van der Waals surface area contributed by atoms with Crippen LogP contribution in [0.5, 0.6) is 0 Å². The summed E-state index contributed by atoms with van der Waals surface area (Å²) in [6.07, 6.45) is 3.55. The molecule has 3 N–H and O–H groups in total. The van der Waals surface area contributed by atoms with E-state index in [9.17, 15) is 19.5 Å². The van der Waals surface area contributed by atoms with Crippen molar-refractivity contribution in [2.75, 3.05) is 11.9 Å². The van der Waals surface area contributed by atoms with Gasteiger partial charge in [0.15, 0.2) is 0 Å². The fourth-order valence-corrected chi connectivity index (χ4v) is 3.76. The first-order valence-electron chi connectivity index (χ1n) is 8.43. The van der Waals surface area contributed by atoms with Gasteiger partial charge in [-0.2, -0.15) is 0 Å². The van der Waals surface area contributed by atoms with Crippen LogP contribution < -0.4 is 10.6 Å². The van der Waals surface area contributed by atoms with Crippen molar-refractivity contribution < 1.29 is 19.5 Å². The van der Waals surface area contributed by atoms with Crippen LogP contribution in [-0.4, -0.2) is 29.4 Å². The molecule has 0 spiro atoms. The molecule has 128 valence electrons. The lowest BCUT2D eigenvalue weighted by Crippen LogP contribution is -2.49. The number of hydrogen-bond donors (Lipinski definition) is 3. The number of carboxylic acid groups (broad SMARTS) is 1. The normalized spacial score (nSPS) is 22.2. The van der Waals surface area contributed by atoms with E-state index in [4.69, 9.17) is 0 Å². The minimum absolute atomic E-state index is 0.0847. The zero-order valence-corrected chi connectivity index (χ0v) is 13.5. The number of anilines is 1. The van der Waals surface area contributed by atoms with Crippen LogP contribution in [-0.2, 0) is 14.4 Å². The monoisotopic (exact) mass is 330 g/mol. The Morgan fingerprint density at radius 2 is 1.92 bits per heavy atom. The molecule has 3 rings (SSSR count).